The van der Waals surface area contributed by atoms with Crippen molar-refractivity contribution < 1.29 is 9.53 Å². The topological polar surface area (TPSA) is 68.2 Å². The van der Waals surface area contributed by atoms with Crippen LogP contribution in [0.15, 0.2) is 36.7 Å². The molecule has 0 aliphatic rings. The van der Waals surface area contributed by atoms with Crippen molar-refractivity contribution in [2.45, 2.75) is 26.4 Å². The summed E-state index contributed by atoms with van der Waals surface area (Å²) in [5.41, 5.74) is 1.81. The number of aromatic nitrogens is 2. The molecular weight excluding hydrogens is 280 g/mol. The first-order valence-electron chi connectivity index (χ1n) is 7.33. The number of urea groups is 1. The summed E-state index contributed by atoms with van der Waals surface area (Å²) in [4.78, 5) is 11.8. The summed E-state index contributed by atoms with van der Waals surface area (Å²) >= 11 is 0. The van der Waals surface area contributed by atoms with Gasteiger partial charge in [0.25, 0.3) is 0 Å². The number of amides is 2. The zero-order chi connectivity index (χ0) is 15.9. The Kier molecular flexibility index (Phi) is 5.41. The van der Waals surface area contributed by atoms with Crippen LogP contribution in [0, 0.1) is 6.92 Å². The smallest absolute Gasteiger partial charge is 0.319 e. The average Bonchev–Trinajstić information content (AvgIpc) is 2.88. The number of hydrogen-bond acceptors (Lipinski definition) is 3. The minimum atomic E-state index is -0.265. The first kappa shape index (κ1) is 15.9. The summed E-state index contributed by atoms with van der Waals surface area (Å²) in [6.07, 6.45) is 4.07. The van der Waals surface area contributed by atoms with Gasteiger partial charge in [-0.25, -0.2) is 4.79 Å². The Bertz CT molecular complexity index is 624. The van der Waals surface area contributed by atoms with Gasteiger partial charge in [-0.2, -0.15) is 5.10 Å². The third-order valence-corrected chi connectivity index (χ3v) is 3.20. The van der Waals surface area contributed by atoms with Gasteiger partial charge in [-0.1, -0.05) is 19.1 Å². The summed E-state index contributed by atoms with van der Waals surface area (Å²) < 4.78 is 7.52. The summed E-state index contributed by atoms with van der Waals surface area (Å²) in [5, 5.41) is 9.54. The minimum absolute atomic E-state index is 0.0681. The molecule has 0 spiro atoms. The largest absolute Gasteiger partial charge is 0.489 e. The van der Waals surface area contributed by atoms with E-state index in [1.807, 2.05) is 38.1 Å². The Labute approximate surface area is 130 Å². The third-order valence-electron chi connectivity index (χ3n) is 3.20. The SMILES string of the molecule is CC[C@@H](CNC(=O)Nc1cnn(C)c1)Oc1cccc(C)c1. The number of anilines is 1. The quantitative estimate of drug-likeness (QED) is 0.862. The van der Waals surface area contributed by atoms with Crippen LogP contribution in [0.5, 0.6) is 5.75 Å². The van der Waals surface area contributed by atoms with E-state index in [1.54, 1.807) is 24.1 Å². The van der Waals surface area contributed by atoms with E-state index in [0.29, 0.717) is 12.2 Å². The molecule has 0 saturated heterocycles. The Morgan fingerprint density at radius 2 is 2.27 bits per heavy atom. The third kappa shape index (κ3) is 4.80. The Hall–Kier alpha value is -2.50. The van der Waals surface area contributed by atoms with E-state index in [2.05, 4.69) is 15.7 Å². The molecule has 6 heteroatoms. The number of nitrogens with zero attached hydrogens (tertiary/aromatic N) is 2. The predicted molar refractivity (Wildman–Crippen MR) is 86.1 cm³/mol. The molecule has 6 nitrogen and oxygen atoms in total. The van der Waals surface area contributed by atoms with Gasteiger partial charge in [-0.15, -0.1) is 0 Å². The number of rotatable bonds is 6. The van der Waals surface area contributed by atoms with Crippen molar-refractivity contribution in [2.75, 3.05) is 11.9 Å². The lowest BCUT2D eigenvalue weighted by molar-refractivity contribution is 0.192. The predicted octanol–water partition coefficient (Wildman–Crippen LogP) is 2.71. The zero-order valence-electron chi connectivity index (χ0n) is 13.2. The highest BCUT2D eigenvalue weighted by molar-refractivity contribution is 5.88. The summed E-state index contributed by atoms with van der Waals surface area (Å²) in [6, 6.07) is 7.62. The second kappa shape index (κ2) is 7.49. The maximum Gasteiger partial charge on any atom is 0.319 e. The average molecular weight is 302 g/mol. The van der Waals surface area contributed by atoms with Gasteiger partial charge in [0.1, 0.15) is 11.9 Å². The number of ether oxygens (including phenoxy) is 1. The molecule has 2 aromatic rings. The van der Waals surface area contributed by atoms with Crippen LogP contribution in [0.4, 0.5) is 10.5 Å². The first-order valence-corrected chi connectivity index (χ1v) is 7.33. The van der Waals surface area contributed by atoms with Gasteiger partial charge in [-0.05, 0) is 31.0 Å². The number of benzene rings is 1. The fourth-order valence-electron chi connectivity index (χ4n) is 2.02. The van der Waals surface area contributed by atoms with Crippen LogP contribution in [0.1, 0.15) is 18.9 Å². The van der Waals surface area contributed by atoms with E-state index < -0.39 is 0 Å². The minimum Gasteiger partial charge on any atom is -0.489 e. The Morgan fingerprint density at radius 1 is 1.45 bits per heavy atom. The monoisotopic (exact) mass is 302 g/mol. The molecule has 2 N–H and O–H groups in total. The van der Waals surface area contributed by atoms with Gasteiger partial charge in [0.05, 0.1) is 18.4 Å². The molecule has 0 bridgehead atoms. The molecule has 0 aliphatic heterocycles. The molecular formula is C16H22N4O2. The summed E-state index contributed by atoms with van der Waals surface area (Å²) in [6.45, 7) is 4.49. The Morgan fingerprint density at radius 3 is 2.91 bits per heavy atom. The number of hydrogen-bond donors (Lipinski definition) is 2. The number of carbonyl (C=O) groups is 1. The maximum absolute atomic E-state index is 11.8. The molecule has 118 valence electrons. The molecule has 2 rings (SSSR count). The lowest BCUT2D eigenvalue weighted by Gasteiger charge is -2.18. The van der Waals surface area contributed by atoms with Crippen LogP contribution >= 0.6 is 0 Å². The normalized spacial score (nSPS) is 11.8. The number of carbonyl (C=O) groups excluding carboxylic acids is 1. The van der Waals surface area contributed by atoms with Crippen molar-refractivity contribution in [2.24, 2.45) is 7.05 Å². The van der Waals surface area contributed by atoms with Crippen molar-refractivity contribution in [3.63, 3.8) is 0 Å². The molecule has 0 radical (unpaired) electrons. The van der Waals surface area contributed by atoms with E-state index in [0.717, 1.165) is 17.7 Å². The van der Waals surface area contributed by atoms with Gasteiger partial charge in [0, 0.05) is 13.2 Å². The lowest BCUT2D eigenvalue weighted by Crippen LogP contribution is -2.37. The molecule has 0 saturated carbocycles. The second-order valence-corrected chi connectivity index (χ2v) is 5.20. The van der Waals surface area contributed by atoms with Crippen molar-refractivity contribution in [1.82, 2.24) is 15.1 Å². The van der Waals surface area contributed by atoms with E-state index in [4.69, 9.17) is 4.74 Å². The lowest BCUT2D eigenvalue weighted by atomic mass is 10.2. The molecule has 1 atom stereocenters. The van der Waals surface area contributed by atoms with E-state index in [1.165, 1.54) is 0 Å². The fourth-order valence-corrected chi connectivity index (χ4v) is 2.02. The van der Waals surface area contributed by atoms with E-state index >= 15 is 0 Å². The van der Waals surface area contributed by atoms with Crippen LogP contribution in [-0.2, 0) is 7.05 Å². The highest BCUT2D eigenvalue weighted by Gasteiger charge is 2.11. The van der Waals surface area contributed by atoms with Crippen LogP contribution < -0.4 is 15.4 Å². The molecule has 0 fully saturated rings. The van der Waals surface area contributed by atoms with Gasteiger partial charge in [0.2, 0.25) is 0 Å². The van der Waals surface area contributed by atoms with Gasteiger partial charge < -0.3 is 15.4 Å². The summed E-state index contributed by atoms with van der Waals surface area (Å²) in [7, 11) is 1.80. The van der Waals surface area contributed by atoms with Crippen molar-refractivity contribution in [3.05, 3.63) is 42.2 Å². The van der Waals surface area contributed by atoms with Crippen LogP contribution in [0.25, 0.3) is 0 Å². The Balaban J connectivity index is 1.81. The van der Waals surface area contributed by atoms with Gasteiger partial charge in [0.15, 0.2) is 0 Å². The molecule has 1 aromatic carbocycles. The molecule has 22 heavy (non-hydrogen) atoms. The molecule has 2 amide bonds. The summed E-state index contributed by atoms with van der Waals surface area (Å²) in [5.74, 6) is 0.821. The highest BCUT2D eigenvalue weighted by atomic mass is 16.5. The molecule has 0 aliphatic carbocycles. The maximum atomic E-state index is 11.8. The van der Waals surface area contributed by atoms with E-state index in [-0.39, 0.29) is 12.1 Å². The number of nitrogens with one attached hydrogen (secondary N) is 2. The van der Waals surface area contributed by atoms with Gasteiger partial charge >= 0.3 is 6.03 Å². The second-order valence-electron chi connectivity index (χ2n) is 5.20. The first-order chi connectivity index (χ1) is 10.6. The molecule has 0 unspecified atom stereocenters. The van der Waals surface area contributed by atoms with Crippen LogP contribution in [0.2, 0.25) is 0 Å². The van der Waals surface area contributed by atoms with Crippen molar-refractivity contribution in [1.29, 1.82) is 0 Å². The molecule has 1 aromatic heterocycles. The fraction of sp³-hybridized carbons (Fsp3) is 0.375. The zero-order valence-corrected chi connectivity index (χ0v) is 13.2. The highest BCUT2D eigenvalue weighted by Crippen LogP contribution is 2.15. The van der Waals surface area contributed by atoms with Crippen LogP contribution in [0.3, 0.4) is 0 Å². The van der Waals surface area contributed by atoms with Crippen molar-refractivity contribution in [3.8, 4) is 5.75 Å². The number of aryl methyl sites for hydroxylation is 2. The van der Waals surface area contributed by atoms with Gasteiger partial charge in [-0.3, -0.25) is 4.68 Å². The van der Waals surface area contributed by atoms with E-state index in [9.17, 15) is 4.79 Å². The van der Waals surface area contributed by atoms with Crippen molar-refractivity contribution >= 4 is 11.7 Å². The van der Waals surface area contributed by atoms with Crippen LogP contribution in [-0.4, -0.2) is 28.5 Å². The standard InChI is InChI=1S/C16H22N4O2/c1-4-14(22-15-7-5-6-12(2)8-15)10-17-16(21)19-13-9-18-20(3)11-13/h5-9,11,14H,4,10H2,1-3H3,(H2,17,19,21)/t14-/m0/s1. The molecule has 1 heterocycles.